The summed E-state index contributed by atoms with van der Waals surface area (Å²) in [6.07, 6.45) is 6.55. The molecule has 1 aromatic heterocycles. The molecule has 3 rings (SSSR count). The first-order valence-corrected chi connectivity index (χ1v) is 8.34. The number of carbonyl (C=O) groups excluding carboxylic acids is 1. The standard InChI is InChI=1S/C18H22FN3O2/c19-14-4-6-16(7-5-14)22-11-8-15(21-22)12-17(23)20-13-18(24)9-2-1-3-10-18/h4-8,11,24H,1-3,9-10,12-13H2,(H,20,23). The molecule has 1 saturated carbocycles. The van der Waals surface area contributed by atoms with Gasteiger partial charge >= 0.3 is 0 Å². The van der Waals surface area contributed by atoms with Crippen molar-refractivity contribution in [1.29, 1.82) is 0 Å². The lowest BCUT2D eigenvalue weighted by molar-refractivity contribution is -0.122. The van der Waals surface area contributed by atoms with Crippen LogP contribution < -0.4 is 5.32 Å². The number of aliphatic hydroxyl groups is 1. The van der Waals surface area contributed by atoms with E-state index in [1.165, 1.54) is 12.1 Å². The van der Waals surface area contributed by atoms with E-state index < -0.39 is 5.60 Å². The SMILES string of the molecule is O=C(Cc1ccn(-c2ccc(F)cc2)n1)NCC1(O)CCCCC1. The van der Waals surface area contributed by atoms with Crippen molar-refractivity contribution in [3.8, 4) is 5.69 Å². The highest BCUT2D eigenvalue weighted by atomic mass is 19.1. The Labute approximate surface area is 140 Å². The Bertz CT molecular complexity index is 691. The van der Waals surface area contributed by atoms with E-state index >= 15 is 0 Å². The first kappa shape index (κ1) is 16.6. The Morgan fingerprint density at radius 2 is 1.92 bits per heavy atom. The zero-order chi connectivity index (χ0) is 17.0. The number of benzene rings is 1. The lowest BCUT2D eigenvalue weighted by Crippen LogP contribution is -2.44. The van der Waals surface area contributed by atoms with Gasteiger partial charge in [-0.25, -0.2) is 9.07 Å². The van der Waals surface area contributed by atoms with Crippen LogP contribution in [0.5, 0.6) is 0 Å². The summed E-state index contributed by atoms with van der Waals surface area (Å²) in [5, 5.41) is 17.5. The molecule has 0 atom stereocenters. The van der Waals surface area contributed by atoms with Gasteiger partial charge in [0.25, 0.3) is 0 Å². The van der Waals surface area contributed by atoms with Crippen molar-refractivity contribution in [3.05, 3.63) is 48.0 Å². The molecule has 1 fully saturated rings. The van der Waals surface area contributed by atoms with E-state index in [0.717, 1.165) is 37.8 Å². The molecule has 0 saturated heterocycles. The first-order chi connectivity index (χ1) is 11.5. The van der Waals surface area contributed by atoms with Crippen LogP contribution in [0.2, 0.25) is 0 Å². The van der Waals surface area contributed by atoms with Crippen molar-refractivity contribution in [1.82, 2.24) is 15.1 Å². The predicted molar refractivity (Wildman–Crippen MR) is 88.3 cm³/mol. The van der Waals surface area contributed by atoms with Crippen LogP contribution in [0.4, 0.5) is 4.39 Å². The molecule has 1 aromatic carbocycles. The smallest absolute Gasteiger partial charge is 0.226 e. The van der Waals surface area contributed by atoms with Crippen LogP contribution in [0.15, 0.2) is 36.5 Å². The van der Waals surface area contributed by atoms with E-state index in [1.54, 1.807) is 29.1 Å². The van der Waals surface area contributed by atoms with Crippen LogP contribution >= 0.6 is 0 Å². The normalized spacial score (nSPS) is 16.8. The molecule has 1 amide bonds. The molecule has 0 aliphatic heterocycles. The van der Waals surface area contributed by atoms with Crippen molar-refractivity contribution >= 4 is 5.91 Å². The average molecular weight is 331 g/mol. The number of carbonyl (C=O) groups is 1. The number of hydrogen-bond donors (Lipinski definition) is 2. The van der Waals surface area contributed by atoms with E-state index in [0.29, 0.717) is 12.2 Å². The van der Waals surface area contributed by atoms with Gasteiger partial charge < -0.3 is 10.4 Å². The van der Waals surface area contributed by atoms with Crippen LogP contribution in [0.25, 0.3) is 5.69 Å². The van der Waals surface area contributed by atoms with Gasteiger partial charge in [-0.15, -0.1) is 0 Å². The monoisotopic (exact) mass is 331 g/mol. The Morgan fingerprint density at radius 3 is 2.62 bits per heavy atom. The molecule has 0 radical (unpaired) electrons. The highest BCUT2D eigenvalue weighted by molar-refractivity contribution is 5.78. The molecule has 6 heteroatoms. The molecule has 1 heterocycles. The maximum Gasteiger partial charge on any atom is 0.226 e. The molecular formula is C18H22FN3O2. The summed E-state index contributed by atoms with van der Waals surface area (Å²) in [6, 6.07) is 7.76. The van der Waals surface area contributed by atoms with Gasteiger partial charge in [0, 0.05) is 12.7 Å². The van der Waals surface area contributed by atoms with Crippen molar-refractivity contribution in [2.45, 2.75) is 44.1 Å². The second kappa shape index (κ2) is 7.13. The number of nitrogens with one attached hydrogen (secondary N) is 1. The number of nitrogens with zero attached hydrogens (tertiary/aromatic N) is 2. The molecule has 0 spiro atoms. The van der Waals surface area contributed by atoms with E-state index in [2.05, 4.69) is 10.4 Å². The summed E-state index contributed by atoms with van der Waals surface area (Å²) in [5.74, 6) is -0.454. The number of halogens is 1. The molecule has 0 unspecified atom stereocenters. The fraction of sp³-hybridized carbons (Fsp3) is 0.444. The Morgan fingerprint density at radius 1 is 1.21 bits per heavy atom. The second-order valence-corrected chi connectivity index (χ2v) is 6.47. The first-order valence-electron chi connectivity index (χ1n) is 8.34. The van der Waals surface area contributed by atoms with Gasteiger partial charge in [-0.3, -0.25) is 4.79 Å². The Kier molecular flexibility index (Phi) is 4.94. The molecule has 24 heavy (non-hydrogen) atoms. The summed E-state index contributed by atoms with van der Waals surface area (Å²) >= 11 is 0. The van der Waals surface area contributed by atoms with Crippen LogP contribution in [0, 0.1) is 5.82 Å². The fourth-order valence-corrected chi connectivity index (χ4v) is 3.07. The van der Waals surface area contributed by atoms with Crippen molar-refractivity contribution < 1.29 is 14.3 Å². The third kappa shape index (κ3) is 4.20. The average Bonchev–Trinajstić information content (AvgIpc) is 3.03. The van der Waals surface area contributed by atoms with Gasteiger partial charge in [0.1, 0.15) is 5.82 Å². The van der Waals surface area contributed by atoms with Gasteiger partial charge in [-0.1, -0.05) is 19.3 Å². The summed E-state index contributed by atoms with van der Waals surface area (Å²) in [7, 11) is 0. The molecule has 0 bridgehead atoms. The van der Waals surface area contributed by atoms with E-state index in [-0.39, 0.29) is 18.1 Å². The zero-order valence-corrected chi connectivity index (χ0v) is 13.5. The number of aromatic nitrogens is 2. The van der Waals surface area contributed by atoms with Gasteiger partial charge in [0.15, 0.2) is 0 Å². The van der Waals surface area contributed by atoms with Gasteiger partial charge in [-0.2, -0.15) is 5.10 Å². The maximum absolute atomic E-state index is 12.9. The summed E-state index contributed by atoms with van der Waals surface area (Å²) < 4.78 is 14.6. The molecule has 128 valence electrons. The molecule has 1 aliphatic rings. The highest BCUT2D eigenvalue weighted by Gasteiger charge is 2.29. The number of hydrogen-bond acceptors (Lipinski definition) is 3. The number of amides is 1. The minimum Gasteiger partial charge on any atom is -0.388 e. The predicted octanol–water partition coefficient (Wildman–Crippen LogP) is 2.37. The van der Waals surface area contributed by atoms with E-state index in [9.17, 15) is 14.3 Å². The minimum absolute atomic E-state index is 0.154. The Hall–Kier alpha value is -2.21. The molecule has 5 nitrogen and oxygen atoms in total. The highest BCUT2D eigenvalue weighted by Crippen LogP contribution is 2.27. The minimum atomic E-state index is -0.763. The second-order valence-electron chi connectivity index (χ2n) is 6.47. The molecule has 2 aromatic rings. The van der Waals surface area contributed by atoms with Crippen LogP contribution in [0.3, 0.4) is 0 Å². The lowest BCUT2D eigenvalue weighted by Gasteiger charge is -2.32. The third-order valence-corrected chi connectivity index (χ3v) is 4.48. The van der Waals surface area contributed by atoms with Gasteiger partial charge in [0.05, 0.1) is 23.4 Å². The van der Waals surface area contributed by atoms with Crippen molar-refractivity contribution in [2.24, 2.45) is 0 Å². The van der Waals surface area contributed by atoms with E-state index in [4.69, 9.17) is 0 Å². The molecule has 2 N–H and O–H groups in total. The van der Waals surface area contributed by atoms with Crippen LogP contribution in [-0.4, -0.2) is 32.9 Å². The van der Waals surface area contributed by atoms with Crippen LogP contribution in [-0.2, 0) is 11.2 Å². The Balaban J connectivity index is 1.54. The molecule has 1 aliphatic carbocycles. The zero-order valence-electron chi connectivity index (χ0n) is 13.5. The maximum atomic E-state index is 12.9. The fourth-order valence-electron chi connectivity index (χ4n) is 3.07. The van der Waals surface area contributed by atoms with Crippen molar-refractivity contribution in [3.63, 3.8) is 0 Å². The van der Waals surface area contributed by atoms with Gasteiger partial charge in [0.2, 0.25) is 5.91 Å². The largest absolute Gasteiger partial charge is 0.388 e. The topological polar surface area (TPSA) is 67.2 Å². The quantitative estimate of drug-likeness (QED) is 0.884. The number of rotatable bonds is 5. The summed E-state index contributed by atoms with van der Waals surface area (Å²) in [5.41, 5.74) is 0.605. The third-order valence-electron chi connectivity index (χ3n) is 4.48. The summed E-state index contributed by atoms with van der Waals surface area (Å²) in [6.45, 7) is 0.296. The van der Waals surface area contributed by atoms with Gasteiger partial charge in [-0.05, 0) is 43.2 Å². The molecular weight excluding hydrogens is 309 g/mol. The van der Waals surface area contributed by atoms with E-state index in [1.807, 2.05) is 0 Å². The van der Waals surface area contributed by atoms with Crippen molar-refractivity contribution in [2.75, 3.05) is 6.54 Å². The summed E-state index contributed by atoms with van der Waals surface area (Å²) in [4.78, 5) is 12.1. The van der Waals surface area contributed by atoms with Crippen LogP contribution in [0.1, 0.15) is 37.8 Å². The lowest BCUT2D eigenvalue weighted by atomic mass is 9.85.